The number of hydrogen-bond donors (Lipinski definition) is 1. The summed E-state index contributed by atoms with van der Waals surface area (Å²) in [5, 5.41) is 8.65. The standard InChI is InChI=1S/C11H13FN2O/c1-8-4-3-5-9(10(8)12)15-7-11(2,14)6-13/h3-5H,7,14H2,1-2H3. The topological polar surface area (TPSA) is 59.0 Å². The SMILES string of the molecule is Cc1cccc(OCC(C)(N)C#N)c1F. The van der Waals surface area contributed by atoms with Crippen molar-refractivity contribution in [2.45, 2.75) is 19.4 Å². The van der Waals surface area contributed by atoms with E-state index in [1.54, 1.807) is 19.1 Å². The summed E-state index contributed by atoms with van der Waals surface area (Å²) in [6, 6.07) is 6.72. The van der Waals surface area contributed by atoms with Gasteiger partial charge < -0.3 is 10.5 Å². The Kier molecular flexibility index (Phi) is 3.28. The lowest BCUT2D eigenvalue weighted by Crippen LogP contribution is -2.40. The second-order valence-electron chi connectivity index (χ2n) is 3.70. The van der Waals surface area contributed by atoms with Crippen LogP contribution in [0.1, 0.15) is 12.5 Å². The molecule has 1 unspecified atom stereocenters. The molecule has 0 bridgehead atoms. The molecule has 0 aromatic heterocycles. The zero-order chi connectivity index (χ0) is 11.5. The summed E-state index contributed by atoms with van der Waals surface area (Å²) in [4.78, 5) is 0. The fourth-order valence-corrected chi connectivity index (χ4v) is 0.992. The largest absolute Gasteiger partial charge is 0.487 e. The monoisotopic (exact) mass is 208 g/mol. The summed E-state index contributed by atoms with van der Waals surface area (Å²) in [5.41, 5.74) is 4.95. The molecule has 0 amide bonds. The van der Waals surface area contributed by atoms with Crippen LogP contribution in [0.2, 0.25) is 0 Å². The molecular weight excluding hydrogens is 195 g/mol. The second kappa shape index (κ2) is 4.28. The minimum atomic E-state index is -1.10. The molecule has 3 nitrogen and oxygen atoms in total. The molecule has 2 N–H and O–H groups in total. The summed E-state index contributed by atoms with van der Waals surface area (Å²) >= 11 is 0. The molecule has 15 heavy (non-hydrogen) atoms. The summed E-state index contributed by atoms with van der Waals surface area (Å²) in [6.07, 6.45) is 0. The average Bonchev–Trinajstić information content (AvgIpc) is 2.20. The van der Waals surface area contributed by atoms with E-state index < -0.39 is 11.4 Å². The molecule has 0 radical (unpaired) electrons. The Bertz CT molecular complexity index is 396. The highest BCUT2D eigenvalue weighted by molar-refractivity contribution is 5.30. The van der Waals surface area contributed by atoms with Crippen LogP contribution in [0.4, 0.5) is 4.39 Å². The fourth-order valence-electron chi connectivity index (χ4n) is 0.992. The van der Waals surface area contributed by atoms with Gasteiger partial charge in [-0.15, -0.1) is 0 Å². The molecule has 4 heteroatoms. The first kappa shape index (κ1) is 11.5. The van der Waals surface area contributed by atoms with Gasteiger partial charge in [0.05, 0.1) is 6.07 Å². The van der Waals surface area contributed by atoms with Gasteiger partial charge in [-0.1, -0.05) is 12.1 Å². The highest BCUT2D eigenvalue weighted by atomic mass is 19.1. The first-order valence-electron chi connectivity index (χ1n) is 4.54. The first-order chi connectivity index (χ1) is 6.96. The Morgan fingerprint density at radius 3 is 2.87 bits per heavy atom. The lowest BCUT2D eigenvalue weighted by atomic mass is 10.1. The lowest BCUT2D eigenvalue weighted by molar-refractivity contribution is 0.253. The van der Waals surface area contributed by atoms with Crippen molar-refractivity contribution in [3.8, 4) is 11.8 Å². The third-order valence-electron chi connectivity index (χ3n) is 1.94. The molecule has 0 fully saturated rings. The van der Waals surface area contributed by atoms with Crippen LogP contribution in [0.5, 0.6) is 5.75 Å². The van der Waals surface area contributed by atoms with Crippen LogP contribution < -0.4 is 10.5 Å². The Hall–Kier alpha value is -1.60. The van der Waals surface area contributed by atoms with Crippen molar-refractivity contribution in [2.24, 2.45) is 5.73 Å². The second-order valence-corrected chi connectivity index (χ2v) is 3.70. The van der Waals surface area contributed by atoms with Gasteiger partial charge in [0.1, 0.15) is 12.1 Å². The van der Waals surface area contributed by atoms with E-state index in [4.69, 9.17) is 15.7 Å². The van der Waals surface area contributed by atoms with E-state index in [2.05, 4.69) is 0 Å². The van der Waals surface area contributed by atoms with Crippen molar-refractivity contribution in [3.05, 3.63) is 29.6 Å². The Morgan fingerprint density at radius 1 is 1.60 bits per heavy atom. The minimum absolute atomic E-state index is 0.0378. The molecular formula is C11H13FN2O. The van der Waals surface area contributed by atoms with Gasteiger partial charge in [-0.2, -0.15) is 5.26 Å². The van der Waals surface area contributed by atoms with E-state index in [9.17, 15) is 4.39 Å². The first-order valence-corrected chi connectivity index (χ1v) is 4.54. The highest BCUT2D eigenvalue weighted by Crippen LogP contribution is 2.20. The van der Waals surface area contributed by atoms with Crippen molar-refractivity contribution in [1.29, 1.82) is 5.26 Å². The Balaban J connectivity index is 2.75. The number of benzene rings is 1. The average molecular weight is 208 g/mol. The van der Waals surface area contributed by atoms with Gasteiger partial charge in [-0.3, -0.25) is 0 Å². The van der Waals surface area contributed by atoms with Gasteiger partial charge >= 0.3 is 0 Å². The van der Waals surface area contributed by atoms with Gasteiger partial charge in [-0.25, -0.2) is 4.39 Å². The molecule has 0 aliphatic heterocycles. The van der Waals surface area contributed by atoms with Crippen LogP contribution in [0.15, 0.2) is 18.2 Å². The van der Waals surface area contributed by atoms with Crippen LogP contribution in [0, 0.1) is 24.1 Å². The number of nitriles is 1. The summed E-state index contributed by atoms with van der Waals surface area (Å²) in [7, 11) is 0. The van der Waals surface area contributed by atoms with Crippen molar-refractivity contribution in [2.75, 3.05) is 6.61 Å². The van der Waals surface area contributed by atoms with Gasteiger partial charge in [0.2, 0.25) is 0 Å². The number of nitrogens with zero attached hydrogens (tertiary/aromatic N) is 1. The predicted molar refractivity (Wildman–Crippen MR) is 54.8 cm³/mol. The third kappa shape index (κ3) is 2.93. The molecule has 0 aliphatic carbocycles. The van der Waals surface area contributed by atoms with Gasteiger partial charge in [0.15, 0.2) is 11.6 Å². The minimum Gasteiger partial charge on any atom is -0.487 e. The molecule has 0 saturated carbocycles. The van der Waals surface area contributed by atoms with Crippen molar-refractivity contribution in [3.63, 3.8) is 0 Å². The van der Waals surface area contributed by atoms with Gasteiger partial charge in [0.25, 0.3) is 0 Å². The summed E-state index contributed by atoms with van der Waals surface area (Å²) in [5.74, 6) is -0.284. The van der Waals surface area contributed by atoms with Crippen molar-refractivity contribution < 1.29 is 9.13 Å². The molecule has 0 aliphatic rings. The zero-order valence-electron chi connectivity index (χ0n) is 8.75. The molecule has 0 heterocycles. The van der Waals surface area contributed by atoms with E-state index >= 15 is 0 Å². The molecule has 1 rings (SSSR count). The number of halogens is 1. The maximum atomic E-state index is 13.4. The Labute approximate surface area is 88.3 Å². The fraction of sp³-hybridized carbons (Fsp3) is 0.364. The zero-order valence-corrected chi connectivity index (χ0v) is 8.75. The van der Waals surface area contributed by atoms with E-state index in [1.165, 1.54) is 13.0 Å². The van der Waals surface area contributed by atoms with E-state index in [0.29, 0.717) is 5.56 Å². The molecule has 1 aromatic carbocycles. The Morgan fingerprint density at radius 2 is 2.27 bits per heavy atom. The number of ether oxygens (including phenoxy) is 1. The highest BCUT2D eigenvalue weighted by Gasteiger charge is 2.19. The number of rotatable bonds is 3. The third-order valence-corrected chi connectivity index (χ3v) is 1.94. The molecule has 1 aromatic rings. The van der Waals surface area contributed by atoms with Crippen LogP contribution in [-0.2, 0) is 0 Å². The van der Waals surface area contributed by atoms with Crippen LogP contribution >= 0.6 is 0 Å². The summed E-state index contributed by atoms with van der Waals surface area (Å²) in [6.45, 7) is 3.14. The van der Waals surface area contributed by atoms with Crippen molar-refractivity contribution >= 4 is 0 Å². The quantitative estimate of drug-likeness (QED) is 0.823. The lowest BCUT2D eigenvalue weighted by Gasteiger charge is -2.16. The van der Waals surface area contributed by atoms with Crippen LogP contribution in [0.25, 0.3) is 0 Å². The van der Waals surface area contributed by atoms with E-state index in [1.807, 2.05) is 6.07 Å². The van der Waals surface area contributed by atoms with Crippen molar-refractivity contribution in [1.82, 2.24) is 0 Å². The summed E-state index contributed by atoms with van der Waals surface area (Å²) < 4.78 is 18.6. The number of nitrogens with two attached hydrogens (primary N) is 1. The number of aryl methyl sites for hydroxylation is 1. The maximum Gasteiger partial charge on any atom is 0.167 e. The molecule has 1 atom stereocenters. The van der Waals surface area contributed by atoms with Gasteiger partial charge in [-0.05, 0) is 25.5 Å². The predicted octanol–water partition coefficient (Wildman–Crippen LogP) is 1.75. The molecule has 0 spiro atoms. The van der Waals surface area contributed by atoms with Gasteiger partial charge in [0, 0.05) is 0 Å². The number of hydrogen-bond acceptors (Lipinski definition) is 3. The smallest absolute Gasteiger partial charge is 0.167 e. The normalized spacial score (nSPS) is 14.1. The maximum absolute atomic E-state index is 13.4. The molecule has 0 saturated heterocycles. The molecule has 80 valence electrons. The van der Waals surface area contributed by atoms with E-state index in [-0.39, 0.29) is 12.4 Å². The van der Waals surface area contributed by atoms with Crippen LogP contribution in [-0.4, -0.2) is 12.1 Å². The van der Waals surface area contributed by atoms with Crippen LogP contribution in [0.3, 0.4) is 0 Å². The van der Waals surface area contributed by atoms with E-state index in [0.717, 1.165) is 0 Å².